The van der Waals surface area contributed by atoms with Crippen molar-refractivity contribution in [2.24, 2.45) is 0 Å². The Morgan fingerprint density at radius 2 is 1.80 bits per heavy atom. The van der Waals surface area contributed by atoms with Crippen LogP contribution in [0.3, 0.4) is 0 Å². The van der Waals surface area contributed by atoms with Gasteiger partial charge in [0.1, 0.15) is 5.76 Å². The van der Waals surface area contributed by atoms with E-state index in [-0.39, 0.29) is 12.5 Å². The van der Waals surface area contributed by atoms with E-state index in [1.54, 1.807) is 18.2 Å². The van der Waals surface area contributed by atoms with Gasteiger partial charge >= 0.3 is 0 Å². The number of carbonyl (C=O) groups excluding carboxylic acids is 1. The first-order valence-electron chi connectivity index (χ1n) is 7.67. The fourth-order valence-electron chi connectivity index (χ4n) is 2.21. The second-order valence-corrected chi connectivity index (χ2v) is 5.26. The molecule has 0 saturated heterocycles. The summed E-state index contributed by atoms with van der Waals surface area (Å²) >= 11 is 0. The van der Waals surface area contributed by atoms with Crippen LogP contribution >= 0.6 is 0 Å². The van der Waals surface area contributed by atoms with E-state index in [0.29, 0.717) is 23.1 Å². The molecule has 1 N–H and O–H groups in total. The van der Waals surface area contributed by atoms with Crippen molar-refractivity contribution in [1.82, 2.24) is 10.3 Å². The number of ether oxygens (including phenoxy) is 3. The molecule has 0 atom stereocenters. The molecular formula is C18H22N2O5. The first-order valence-corrected chi connectivity index (χ1v) is 7.67. The highest BCUT2D eigenvalue weighted by atomic mass is 16.5. The van der Waals surface area contributed by atoms with Crippen LogP contribution in [0, 0.1) is 13.8 Å². The van der Waals surface area contributed by atoms with E-state index in [1.807, 2.05) is 13.8 Å². The van der Waals surface area contributed by atoms with Crippen molar-refractivity contribution in [2.45, 2.75) is 20.4 Å². The van der Waals surface area contributed by atoms with Gasteiger partial charge in [-0.25, -0.2) is 4.98 Å². The van der Waals surface area contributed by atoms with Gasteiger partial charge in [-0.05, 0) is 37.6 Å². The Kier molecular flexibility index (Phi) is 6.05. The van der Waals surface area contributed by atoms with E-state index >= 15 is 0 Å². The van der Waals surface area contributed by atoms with Gasteiger partial charge < -0.3 is 23.9 Å². The summed E-state index contributed by atoms with van der Waals surface area (Å²) in [7, 11) is 4.62. The fraction of sp³-hybridized carbons (Fsp3) is 0.333. The van der Waals surface area contributed by atoms with Gasteiger partial charge in [0.05, 0.1) is 33.6 Å². The van der Waals surface area contributed by atoms with E-state index < -0.39 is 0 Å². The maximum absolute atomic E-state index is 12.0. The van der Waals surface area contributed by atoms with Gasteiger partial charge in [-0.3, -0.25) is 4.79 Å². The molecule has 2 rings (SSSR count). The normalized spacial score (nSPS) is 10.8. The standard InChI is InChI=1S/C18H22N2O5/c1-11-12(2)25-17(20-11)10-19-16(21)7-6-13-8-14(22-3)18(24-5)15(9-13)23-4/h6-9H,10H2,1-5H3,(H,19,21)/b7-6+. The predicted molar refractivity (Wildman–Crippen MR) is 93.0 cm³/mol. The lowest BCUT2D eigenvalue weighted by Gasteiger charge is -2.12. The van der Waals surface area contributed by atoms with Crippen molar-refractivity contribution >= 4 is 12.0 Å². The van der Waals surface area contributed by atoms with Crippen molar-refractivity contribution in [3.05, 3.63) is 41.1 Å². The Morgan fingerprint density at radius 1 is 1.16 bits per heavy atom. The van der Waals surface area contributed by atoms with Crippen LogP contribution in [0.15, 0.2) is 22.6 Å². The Morgan fingerprint density at radius 3 is 2.28 bits per heavy atom. The van der Waals surface area contributed by atoms with Crippen molar-refractivity contribution in [3.8, 4) is 17.2 Å². The zero-order valence-corrected chi connectivity index (χ0v) is 15.0. The molecule has 1 aromatic heterocycles. The minimum Gasteiger partial charge on any atom is -0.493 e. The molecule has 25 heavy (non-hydrogen) atoms. The van der Waals surface area contributed by atoms with Crippen LogP contribution in [0.5, 0.6) is 17.2 Å². The summed E-state index contributed by atoms with van der Waals surface area (Å²) in [5, 5.41) is 2.72. The van der Waals surface area contributed by atoms with Gasteiger partial charge in [0, 0.05) is 6.08 Å². The molecule has 0 bridgehead atoms. The Balaban J connectivity index is 2.06. The quantitative estimate of drug-likeness (QED) is 0.776. The van der Waals surface area contributed by atoms with Crippen molar-refractivity contribution in [2.75, 3.05) is 21.3 Å². The molecule has 0 unspecified atom stereocenters. The van der Waals surface area contributed by atoms with Crippen LogP contribution in [-0.2, 0) is 11.3 Å². The highest BCUT2D eigenvalue weighted by Crippen LogP contribution is 2.38. The number of carbonyl (C=O) groups is 1. The first kappa shape index (κ1) is 18.4. The second kappa shape index (κ2) is 8.23. The first-order chi connectivity index (χ1) is 12.0. The van der Waals surface area contributed by atoms with Gasteiger partial charge in [-0.1, -0.05) is 0 Å². The molecule has 0 aliphatic heterocycles. The minimum atomic E-state index is -0.262. The van der Waals surface area contributed by atoms with Crippen LogP contribution in [-0.4, -0.2) is 32.2 Å². The number of rotatable bonds is 7. The van der Waals surface area contributed by atoms with Crippen LogP contribution in [0.25, 0.3) is 6.08 Å². The third-order valence-electron chi connectivity index (χ3n) is 3.60. The molecule has 134 valence electrons. The van der Waals surface area contributed by atoms with Crippen LogP contribution < -0.4 is 19.5 Å². The molecular weight excluding hydrogens is 324 g/mol. The number of methoxy groups -OCH3 is 3. The lowest BCUT2D eigenvalue weighted by molar-refractivity contribution is -0.116. The Labute approximate surface area is 146 Å². The summed E-state index contributed by atoms with van der Waals surface area (Å²) < 4.78 is 21.3. The number of amides is 1. The predicted octanol–water partition coefficient (Wildman–Crippen LogP) is 2.65. The number of benzene rings is 1. The van der Waals surface area contributed by atoms with Gasteiger partial charge in [0.25, 0.3) is 0 Å². The second-order valence-electron chi connectivity index (χ2n) is 5.26. The number of aryl methyl sites for hydroxylation is 2. The molecule has 2 aromatic rings. The van der Waals surface area contributed by atoms with Crippen LogP contribution in [0.4, 0.5) is 0 Å². The maximum atomic E-state index is 12.0. The monoisotopic (exact) mass is 346 g/mol. The molecule has 0 saturated carbocycles. The van der Waals surface area contributed by atoms with Gasteiger partial charge in [0.2, 0.25) is 17.5 Å². The molecule has 0 aliphatic carbocycles. The SMILES string of the molecule is COc1cc(/C=C/C(=O)NCc2nc(C)c(C)o2)cc(OC)c1OC. The van der Waals surface area contributed by atoms with Crippen molar-refractivity contribution in [3.63, 3.8) is 0 Å². The number of aromatic nitrogens is 1. The maximum Gasteiger partial charge on any atom is 0.244 e. The van der Waals surface area contributed by atoms with E-state index in [2.05, 4.69) is 10.3 Å². The topological polar surface area (TPSA) is 82.8 Å². The van der Waals surface area contributed by atoms with E-state index in [1.165, 1.54) is 27.4 Å². The molecule has 7 nitrogen and oxygen atoms in total. The minimum absolute atomic E-state index is 0.229. The van der Waals surface area contributed by atoms with E-state index in [9.17, 15) is 4.79 Å². The van der Waals surface area contributed by atoms with Gasteiger partial charge in [0.15, 0.2) is 11.5 Å². The zero-order valence-electron chi connectivity index (χ0n) is 15.0. The Bertz CT molecular complexity index is 735. The molecule has 1 aromatic carbocycles. The highest BCUT2D eigenvalue weighted by molar-refractivity contribution is 5.91. The summed E-state index contributed by atoms with van der Waals surface area (Å²) in [4.78, 5) is 16.2. The third-order valence-corrected chi connectivity index (χ3v) is 3.60. The summed E-state index contributed by atoms with van der Waals surface area (Å²) in [6.07, 6.45) is 3.08. The summed E-state index contributed by atoms with van der Waals surface area (Å²) in [6.45, 7) is 3.92. The summed E-state index contributed by atoms with van der Waals surface area (Å²) in [5.74, 6) is 2.51. The molecule has 0 fully saturated rings. The molecule has 0 spiro atoms. The largest absolute Gasteiger partial charge is 0.493 e. The van der Waals surface area contributed by atoms with Crippen molar-refractivity contribution < 1.29 is 23.4 Å². The summed E-state index contributed by atoms with van der Waals surface area (Å²) in [5.41, 5.74) is 1.56. The number of oxazole rings is 1. The highest BCUT2D eigenvalue weighted by Gasteiger charge is 2.12. The smallest absolute Gasteiger partial charge is 0.244 e. The molecule has 0 radical (unpaired) electrons. The Hall–Kier alpha value is -2.96. The summed E-state index contributed by atoms with van der Waals surface area (Å²) in [6, 6.07) is 3.51. The van der Waals surface area contributed by atoms with Crippen LogP contribution in [0.2, 0.25) is 0 Å². The number of hydrogen-bond acceptors (Lipinski definition) is 6. The lowest BCUT2D eigenvalue weighted by atomic mass is 10.1. The third kappa shape index (κ3) is 4.53. The van der Waals surface area contributed by atoms with Gasteiger partial charge in [-0.15, -0.1) is 0 Å². The average Bonchev–Trinajstić information content (AvgIpc) is 2.94. The van der Waals surface area contributed by atoms with Gasteiger partial charge in [-0.2, -0.15) is 0 Å². The van der Waals surface area contributed by atoms with Crippen LogP contribution in [0.1, 0.15) is 22.9 Å². The number of nitrogens with zero attached hydrogens (tertiary/aromatic N) is 1. The zero-order chi connectivity index (χ0) is 18.4. The van der Waals surface area contributed by atoms with Crippen molar-refractivity contribution in [1.29, 1.82) is 0 Å². The average molecular weight is 346 g/mol. The molecule has 1 amide bonds. The molecule has 0 aliphatic rings. The number of hydrogen-bond donors (Lipinski definition) is 1. The lowest BCUT2D eigenvalue weighted by Crippen LogP contribution is -2.20. The van der Waals surface area contributed by atoms with E-state index in [0.717, 1.165) is 17.0 Å². The fourth-order valence-corrected chi connectivity index (χ4v) is 2.21. The molecule has 1 heterocycles. The molecule has 7 heteroatoms. The van der Waals surface area contributed by atoms with E-state index in [4.69, 9.17) is 18.6 Å². The number of nitrogens with one attached hydrogen (secondary N) is 1.